The van der Waals surface area contributed by atoms with E-state index in [-0.39, 0.29) is 0 Å². The molecule has 1 aromatic rings. The summed E-state index contributed by atoms with van der Waals surface area (Å²) in [6, 6.07) is 0. The Balaban J connectivity index is 1.90. The molecule has 0 aromatic carbocycles. The van der Waals surface area contributed by atoms with E-state index in [0.29, 0.717) is 11.3 Å². The van der Waals surface area contributed by atoms with Crippen molar-refractivity contribution in [1.82, 2.24) is 20.1 Å². The third-order valence-electron chi connectivity index (χ3n) is 3.65. The number of hydrogen-bond donors (Lipinski definition) is 1. The molecule has 1 aromatic heterocycles. The Morgan fingerprint density at radius 3 is 2.83 bits per heavy atom. The lowest BCUT2D eigenvalue weighted by molar-refractivity contribution is 0.410. The van der Waals surface area contributed by atoms with Crippen LogP contribution in [-0.2, 0) is 13.0 Å². The van der Waals surface area contributed by atoms with Gasteiger partial charge in [0.1, 0.15) is 12.2 Å². The summed E-state index contributed by atoms with van der Waals surface area (Å²) in [4.78, 5) is 4.45. The molecular formula is C14H26N4. The Kier molecular flexibility index (Phi) is 4.38. The summed E-state index contributed by atoms with van der Waals surface area (Å²) in [5.41, 5.74) is 0.469. The van der Waals surface area contributed by atoms with Crippen LogP contribution in [0.4, 0.5) is 0 Å². The molecule has 0 amide bonds. The van der Waals surface area contributed by atoms with Gasteiger partial charge in [0.15, 0.2) is 0 Å². The van der Waals surface area contributed by atoms with Gasteiger partial charge in [0.05, 0.1) is 0 Å². The van der Waals surface area contributed by atoms with Crippen molar-refractivity contribution in [3.05, 3.63) is 12.2 Å². The lowest BCUT2D eigenvalue weighted by atomic mass is 10.0. The number of aromatic nitrogens is 3. The van der Waals surface area contributed by atoms with Gasteiger partial charge in [-0.15, -0.1) is 0 Å². The van der Waals surface area contributed by atoms with Crippen LogP contribution in [0.15, 0.2) is 6.33 Å². The second-order valence-electron chi connectivity index (χ2n) is 6.11. The summed E-state index contributed by atoms with van der Waals surface area (Å²) >= 11 is 0. The fraction of sp³-hybridized carbons (Fsp3) is 0.857. The SMILES string of the molecule is CCCNCC1(Cc2ncnn2CC(C)C)CC1. The number of nitrogens with zero attached hydrogens (tertiary/aromatic N) is 3. The van der Waals surface area contributed by atoms with Crippen molar-refractivity contribution in [2.24, 2.45) is 11.3 Å². The van der Waals surface area contributed by atoms with Crippen molar-refractivity contribution in [3.8, 4) is 0 Å². The van der Waals surface area contributed by atoms with Gasteiger partial charge in [-0.25, -0.2) is 9.67 Å². The summed E-state index contributed by atoms with van der Waals surface area (Å²) in [5.74, 6) is 1.79. The molecule has 0 unspecified atom stereocenters. The van der Waals surface area contributed by atoms with Crippen LogP contribution in [0.25, 0.3) is 0 Å². The van der Waals surface area contributed by atoms with E-state index in [1.54, 1.807) is 6.33 Å². The van der Waals surface area contributed by atoms with Crippen LogP contribution in [0.3, 0.4) is 0 Å². The first-order valence-electron chi connectivity index (χ1n) is 7.22. The third kappa shape index (κ3) is 3.55. The lowest BCUT2D eigenvalue weighted by Gasteiger charge is -2.16. The van der Waals surface area contributed by atoms with Gasteiger partial charge in [-0.05, 0) is 37.1 Å². The summed E-state index contributed by atoms with van der Waals surface area (Å²) in [5, 5.41) is 7.90. The Hall–Kier alpha value is -0.900. The van der Waals surface area contributed by atoms with Crippen molar-refractivity contribution in [2.45, 2.75) is 53.0 Å². The highest BCUT2D eigenvalue weighted by molar-refractivity contribution is 5.03. The molecule has 1 N–H and O–H groups in total. The highest BCUT2D eigenvalue weighted by atomic mass is 15.3. The van der Waals surface area contributed by atoms with Crippen LogP contribution in [0.2, 0.25) is 0 Å². The minimum atomic E-state index is 0.469. The normalized spacial score (nSPS) is 17.3. The van der Waals surface area contributed by atoms with Crippen LogP contribution < -0.4 is 5.32 Å². The van der Waals surface area contributed by atoms with Crippen LogP contribution in [0.5, 0.6) is 0 Å². The van der Waals surface area contributed by atoms with E-state index in [9.17, 15) is 0 Å². The minimum Gasteiger partial charge on any atom is -0.316 e. The van der Waals surface area contributed by atoms with Gasteiger partial charge in [0.2, 0.25) is 0 Å². The molecule has 1 saturated carbocycles. The molecule has 0 spiro atoms. The monoisotopic (exact) mass is 250 g/mol. The molecule has 1 heterocycles. The second kappa shape index (κ2) is 5.83. The van der Waals surface area contributed by atoms with E-state index in [1.807, 2.05) is 0 Å². The molecular weight excluding hydrogens is 224 g/mol. The minimum absolute atomic E-state index is 0.469. The Morgan fingerprint density at radius 2 is 2.22 bits per heavy atom. The second-order valence-corrected chi connectivity index (χ2v) is 6.11. The molecule has 0 atom stereocenters. The maximum Gasteiger partial charge on any atom is 0.138 e. The average molecular weight is 250 g/mol. The molecule has 0 saturated heterocycles. The molecule has 0 aliphatic heterocycles. The van der Waals surface area contributed by atoms with Crippen molar-refractivity contribution in [1.29, 1.82) is 0 Å². The number of rotatable bonds is 8. The maximum absolute atomic E-state index is 4.45. The molecule has 0 radical (unpaired) electrons. The Labute approximate surface area is 110 Å². The predicted octanol–water partition coefficient (Wildman–Crippen LogP) is 2.26. The van der Waals surface area contributed by atoms with E-state index < -0.39 is 0 Å². The Morgan fingerprint density at radius 1 is 1.44 bits per heavy atom. The first kappa shape index (κ1) is 13.5. The van der Waals surface area contributed by atoms with Crippen molar-refractivity contribution < 1.29 is 0 Å². The largest absolute Gasteiger partial charge is 0.316 e. The predicted molar refractivity (Wildman–Crippen MR) is 73.4 cm³/mol. The highest BCUT2D eigenvalue weighted by Crippen LogP contribution is 2.47. The van der Waals surface area contributed by atoms with E-state index in [0.717, 1.165) is 26.1 Å². The molecule has 1 aliphatic carbocycles. The van der Waals surface area contributed by atoms with Gasteiger partial charge in [0, 0.05) is 19.5 Å². The first-order chi connectivity index (χ1) is 8.65. The fourth-order valence-electron chi connectivity index (χ4n) is 2.38. The van der Waals surface area contributed by atoms with E-state index in [1.165, 1.54) is 25.1 Å². The highest BCUT2D eigenvalue weighted by Gasteiger charge is 2.43. The molecule has 102 valence electrons. The Bertz CT molecular complexity index is 366. The summed E-state index contributed by atoms with van der Waals surface area (Å²) in [6.07, 6.45) is 6.65. The van der Waals surface area contributed by atoms with E-state index in [2.05, 4.69) is 40.9 Å². The standard InChI is InChI=1S/C14H26N4/c1-4-7-15-10-14(5-6-14)8-13-16-11-17-18(13)9-12(2)3/h11-12,15H,4-10H2,1-3H3. The summed E-state index contributed by atoms with van der Waals surface area (Å²) in [6.45, 7) is 9.90. The third-order valence-corrected chi connectivity index (χ3v) is 3.65. The van der Waals surface area contributed by atoms with Crippen LogP contribution in [-0.4, -0.2) is 27.9 Å². The summed E-state index contributed by atoms with van der Waals surface area (Å²) in [7, 11) is 0. The van der Waals surface area contributed by atoms with Gasteiger partial charge in [-0.2, -0.15) is 5.10 Å². The lowest BCUT2D eigenvalue weighted by Crippen LogP contribution is -2.27. The van der Waals surface area contributed by atoms with Gasteiger partial charge >= 0.3 is 0 Å². The first-order valence-corrected chi connectivity index (χ1v) is 7.22. The maximum atomic E-state index is 4.45. The number of nitrogens with one attached hydrogen (secondary N) is 1. The quantitative estimate of drug-likeness (QED) is 0.720. The zero-order chi connectivity index (χ0) is 13.0. The zero-order valence-electron chi connectivity index (χ0n) is 11.9. The van der Waals surface area contributed by atoms with Gasteiger partial charge in [-0.1, -0.05) is 20.8 Å². The molecule has 2 rings (SSSR count). The molecule has 0 bridgehead atoms. The van der Waals surface area contributed by atoms with E-state index >= 15 is 0 Å². The van der Waals surface area contributed by atoms with Gasteiger partial charge in [-0.3, -0.25) is 0 Å². The average Bonchev–Trinajstić information content (AvgIpc) is 2.94. The van der Waals surface area contributed by atoms with Gasteiger partial charge < -0.3 is 5.32 Å². The molecule has 18 heavy (non-hydrogen) atoms. The number of hydrogen-bond acceptors (Lipinski definition) is 3. The zero-order valence-corrected chi connectivity index (χ0v) is 11.9. The van der Waals surface area contributed by atoms with Crippen molar-refractivity contribution >= 4 is 0 Å². The molecule has 4 nitrogen and oxygen atoms in total. The van der Waals surface area contributed by atoms with E-state index in [4.69, 9.17) is 0 Å². The smallest absolute Gasteiger partial charge is 0.138 e. The van der Waals surface area contributed by atoms with Crippen molar-refractivity contribution in [2.75, 3.05) is 13.1 Å². The van der Waals surface area contributed by atoms with Gasteiger partial charge in [0.25, 0.3) is 0 Å². The molecule has 1 fully saturated rings. The molecule has 4 heteroatoms. The van der Waals surface area contributed by atoms with Crippen molar-refractivity contribution in [3.63, 3.8) is 0 Å². The molecule has 1 aliphatic rings. The van der Waals surface area contributed by atoms with Crippen LogP contribution in [0, 0.1) is 11.3 Å². The fourth-order valence-corrected chi connectivity index (χ4v) is 2.38. The van der Waals surface area contributed by atoms with Crippen LogP contribution >= 0.6 is 0 Å². The summed E-state index contributed by atoms with van der Waals surface area (Å²) < 4.78 is 2.09. The van der Waals surface area contributed by atoms with Crippen LogP contribution in [0.1, 0.15) is 45.9 Å². The topological polar surface area (TPSA) is 42.7 Å².